The molecule has 0 saturated heterocycles. The molecule has 1 unspecified atom stereocenters. The Morgan fingerprint density at radius 1 is 1.44 bits per heavy atom. The normalized spacial score (nSPS) is 17.6. The number of halogens is 1. The molecule has 2 rings (SSSR count). The summed E-state index contributed by atoms with van der Waals surface area (Å²) in [4.78, 5) is 0. The molecule has 1 aromatic rings. The maximum Gasteiger partial charge on any atom is 0.0876 e. The highest BCUT2D eigenvalue weighted by Crippen LogP contribution is 2.27. The van der Waals surface area contributed by atoms with E-state index >= 15 is 0 Å². The van der Waals surface area contributed by atoms with Gasteiger partial charge in [-0.2, -0.15) is 0 Å². The molecule has 0 radical (unpaired) electrons. The summed E-state index contributed by atoms with van der Waals surface area (Å²) in [7, 11) is 0. The number of hydrogen-bond donors (Lipinski definition) is 1. The lowest BCUT2D eigenvalue weighted by Crippen LogP contribution is -2.16. The molecule has 0 amide bonds. The van der Waals surface area contributed by atoms with Crippen molar-refractivity contribution < 1.29 is 4.74 Å². The number of nitrogens with two attached hydrogens (primary N) is 1. The van der Waals surface area contributed by atoms with Gasteiger partial charge in [0.2, 0.25) is 0 Å². The lowest BCUT2D eigenvalue weighted by Gasteiger charge is -2.20. The van der Waals surface area contributed by atoms with Crippen LogP contribution in [0.25, 0.3) is 0 Å². The Bertz CT molecular complexity index is 414. The van der Waals surface area contributed by atoms with Gasteiger partial charge >= 0.3 is 0 Å². The van der Waals surface area contributed by atoms with Gasteiger partial charge in [0.15, 0.2) is 0 Å². The fourth-order valence-corrected chi connectivity index (χ4v) is 2.14. The van der Waals surface area contributed by atoms with E-state index in [1.54, 1.807) is 0 Å². The quantitative estimate of drug-likeness (QED) is 0.901. The Morgan fingerprint density at radius 2 is 2.25 bits per heavy atom. The van der Waals surface area contributed by atoms with Crippen LogP contribution in [0, 0.1) is 6.92 Å². The Hall–Kier alpha value is -0.800. The summed E-state index contributed by atoms with van der Waals surface area (Å²) in [6.45, 7) is 2.89. The number of benzene rings is 1. The van der Waals surface area contributed by atoms with Gasteiger partial charge < -0.3 is 10.5 Å². The molecule has 16 heavy (non-hydrogen) atoms. The highest BCUT2D eigenvalue weighted by atomic mass is 79.9. The van der Waals surface area contributed by atoms with E-state index in [-0.39, 0.29) is 6.04 Å². The first-order valence-corrected chi connectivity index (χ1v) is 6.30. The lowest BCUT2D eigenvalue weighted by molar-refractivity contribution is 0.221. The Balaban J connectivity index is 2.22. The van der Waals surface area contributed by atoms with Crippen LogP contribution in [0.4, 0.5) is 0 Å². The molecule has 1 aliphatic rings. The van der Waals surface area contributed by atoms with Crippen LogP contribution in [0.5, 0.6) is 0 Å². The average Bonchev–Trinajstić information content (AvgIpc) is 2.33. The van der Waals surface area contributed by atoms with E-state index < -0.39 is 0 Å². The van der Waals surface area contributed by atoms with Crippen molar-refractivity contribution in [3.8, 4) is 0 Å². The van der Waals surface area contributed by atoms with Crippen LogP contribution in [0.1, 0.15) is 30.0 Å². The molecule has 86 valence electrons. The van der Waals surface area contributed by atoms with E-state index in [4.69, 9.17) is 10.5 Å². The molecule has 0 aliphatic carbocycles. The molecule has 0 fully saturated rings. The Labute approximate surface area is 105 Å². The summed E-state index contributed by atoms with van der Waals surface area (Å²) in [6.07, 6.45) is 3.93. The Morgan fingerprint density at radius 3 is 2.88 bits per heavy atom. The summed E-state index contributed by atoms with van der Waals surface area (Å²) >= 11 is 3.49. The first-order valence-electron chi connectivity index (χ1n) is 5.50. The lowest BCUT2D eigenvalue weighted by atomic mass is 9.95. The standard InChI is InChI=1S/C13H16BrNO/c1-9-7-10(4-5-12(9)14)13(15)11-3-2-6-16-8-11/h4-5,7-8,13H,2-3,6,15H2,1H3. The third kappa shape index (κ3) is 2.47. The van der Waals surface area contributed by atoms with Crippen LogP contribution in [0.15, 0.2) is 34.5 Å². The summed E-state index contributed by atoms with van der Waals surface area (Å²) < 4.78 is 6.45. The third-order valence-electron chi connectivity index (χ3n) is 2.90. The second kappa shape index (κ2) is 5.02. The summed E-state index contributed by atoms with van der Waals surface area (Å²) in [6, 6.07) is 6.21. The van der Waals surface area contributed by atoms with E-state index in [9.17, 15) is 0 Å². The number of aryl methyl sites for hydroxylation is 1. The van der Waals surface area contributed by atoms with Crippen LogP contribution in [-0.2, 0) is 4.74 Å². The number of hydrogen-bond acceptors (Lipinski definition) is 2. The molecule has 2 N–H and O–H groups in total. The van der Waals surface area contributed by atoms with Crippen LogP contribution in [-0.4, -0.2) is 6.61 Å². The second-order valence-corrected chi connectivity index (χ2v) is 5.01. The van der Waals surface area contributed by atoms with Crippen molar-refractivity contribution in [1.29, 1.82) is 0 Å². The van der Waals surface area contributed by atoms with E-state index in [1.165, 1.54) is 11.1 Å². The molecule has 0 spiro atoms. The molecular weight excluding hydrogens is 266 g/mol. The van der Waals surface area contributed by atoms with Gasteiger partial charge in [-0.15, -0.1) is 0 Å². The summed E-state index contributed by atoms with van der Waals surface area (Å²) in [5.74, 6) is 0. The third-order valence-corrected chi connectivity index (χ3v) is 3.79. The molecular formula is C13H16BrNO. The maximum atomic E-state index is 6.23. The van der Waals surface area contributed by atoms with E-state index in [2.05, 4.69) is 41.1 Å². The summed E-state index contributed by atoms with van der Waals surface area (Å²) in [5.41, 5.74) is 9.78. The Kier molecular flexibility index (Phi) is 3.66. The van der Waals surface area contributed by atoms with Gasteiger partial charge in [0.25, 0.3) is 0 Å². The van der Waals surface area contributed by atoms with Crippen LogP contribution in [0.3, 0.4) is 0 Å². The average molecular weight is 282 g/mol. The highest BCUT2D eigenvalue weighted by molar-refractivity contribution is 9.10. The van der Waals surface area contributed by atoms with Crippen molar-refractivity contribution in [1.82, 2.24) is 0 Å². The first-order chi connectivity index (χ1) is 7.68. The van der Waals surface area contributed by atoms with Crippen molar-refractivity contribution in [3.05, 3.63) is 45.6 Å². The van der Waals surface area contributed by atoms with Gasteiger partial charge in [-0.3, -0.25) is 0 Å². The van der Waals surface area contributed by atoms with Crippen molar-refractivity contribution >= 4 is 15.9 Å². The predicted molar refractivity (Wildman–Crippen MR) is 69.1 cm³/mol. The first kappa shape index (κ1) is 11.7. The maximum absolute atomic E-state index is 6.23. The minimum Gasteiger partial charge on any atom is -0.501 e. The van der Waals surface area contributed by atoms with E-state index in [1.807, 2.05) is 6.26 Å². The van der Waals surface area contributed by atoms with E-state index in [0.29, 0.717) is 0 Å². The van der Waals surface area contributed by atoms with Gasteiger partial charge in [0.05, 0.1) is 18.9 Å². The van der Waals surface area contributed by atoms with Crippen LogP contribution < -0.4 is 5.73 Å². The zero-order valence-corrected chi connectivity index (χ0v) is 11.0. The van der Waals surface area contributed by atoms with Crippen LogP contribution in [0.2, 0.25) is 0 Å². The number of rotatable bonds is 2. The monoisotopic (exact) mass is 281 g/mol. The zero-order valence-electron chi connectivity index (χ0n) is 9.37. The summed E-state index contributed by atoms with van der Waals surface area (Å²) in [5, 5.41) is 0. The smallest absolute Gasteiger partial charge is 0.0876 e. The molecule has 0 aromatic heterocycles. The topological polar surface area (TPSA) is 35.2 Å². The molecule has 1 aromatic carbocycles. The SMILES string of the molecule is Cc1cc(C(N)C2=COCCC2)ccc1Br. The molecule has 2 nitrogen and oxygen atoms in total. The van der Waals surface area contributed by atoms with Crippen molar-refractivity contribution in [3.63, 3.8) is 0 Å². The van der Waals surface area contributed by atoms with Crippen molar-refractivity contribution in [2.45, 2.75) is 25.8 Å². The molecule has 0 bridgehead atoms. The van der Waals surface area contributed by atoms with Gasteiger partial charge in [0.1, 0.15) is 0 Å². The van der Waals surface area contributed by atoms with Gasteiger partial charge in [0, 0.05) is 4.47 Å². The minimum atomic E-state index is -0.0351. The van der Waals surface area contributed by atoms with Gasteiger partial charge in [-0.1, -0.05) is 28.1 Å². The molecule has 3 heteroatoms. The highest BCUT2D eigenvalue weighted by Gasteiger charge is 2.15. The second-order valence-electron chi connectivity index (χ2n) is 4.15. The molecule has 1 heterocycles. The molecule has 1 atom stereocenters. The molecule has 0 saturated carbocycles. The number of ether oxygens (including phenoxy) is 1. The van der Waals surface area contributed by atoms with E-state index in [0.717, 1.165) is 29.5 Å². The predicted octanol–water partition coefficient (Wildman–Crippen LogP) is 3.45. The molecule has 1 aliphatic heterocycles. The fraction of sp³-hybridized carbons (Fsp3) is 0.385. The largest absolute Gasteiger partial charge is 0.501 e. The van der Waals surface area contributed by atoms with Crippen molar-refractivity contribution in [2.24, 2.45) is 5.73 Å². The minimum absolute atomic E-state index is 0.0351. The zero-order chi connectivity index (χ0) is 11.5. The van der Waals surface area contributed by atoms with Gasteiger partial charge in [-0.05, 0) is 42.5 Å². The van der Waals surface area contributed by atoms with Crippen molar-refractivity contribution in [2.75, 3.05) is 6.61 Å². The van der Waals surface area contributed by atoms with Gasteiger partial charge in [-0.25, -0.2) is 0 Å². The van der Waals surface area contributed by atoms with Crippen LogP contribution >= 0.6 is 15.9 Å². The fourth-order valence-electron chi connectivity index (χ4n) is 1.89.